The lowest BCUT2D eigenvalue weighted by Gasteiger charge is -2.07. The summed E-state index contributed by atoms with van der Waals surface area (Å²) in [6.45, 7) is 1.98. The summed E-state index contributed by atoms with van der Waals surface area (Å²) in [5, 5.41) is 1.19. The predicted octanol–water partition coefficient (Wildman–Crippen LogP) is 5.40. The van der Waals surface area contributed by atoms with Gasteiger partial charge in [-0.05, 0) is 24.6 Å². The van der Waals surface area contributed by atoms with E-state index in [4.69, 9.17) is 46.4 Å². The van der Waals surface area contributed by atoms with Crippen molar-refractivity contribution in [2.24, 2.45) is 0 Å². The fraction of sp³-hybridized carbons (Fsp3) is 0.0909. The van der Waals surface area contributed by atoms with E-state index < -0.39 is 0 Å². The molecule has 0 aliphatic carbocycles. The van der Waals surface area contributed by atoms with E-state index in [1.54, 1.807) is 4.57 Å². The van der Waals surface area contributed by atoms with E-state index in [2.05, 4.69) is 0 Å². The van der Waals surface area contributed by atoms with Gasteiger partial charge in [0.25, 0.3) is 0 Å². The summed E-state index contributed by atoms with van der Waals surface area (Å²) in [4.78, 5) is 0. The Morgan fingerprint density at radius 2 is 1.50 bits per heavy atom. The maximum absolute atomic E-state index is 6.07. The second kappa shape index (κ2) is 4.50. The number of aromatic nitrogens is 1. The zero-order valence-corrected chi connectivity index (χ0v) is 11.3. The molecule has 84 valence electrons. The van der Waals surface area contributed by atoms with Crippen LogP contribution in [0.4, 0.5) is 0 Å². The van der Waals surface area contributed by atoms with Crippen LogP contribution in [0.1, 0.15) is 5.56 Å². The highest BCUT2D eigenvalue weighted by Gasteiger charge is 2.18. The second-order valence-electron chi connectivity index (χ2n) is 3.38. The molecule has 1 nitrogen and oxygen atoms in total. The van der Waals surface area contributed by atoms with Gasteiger partial charge in [-0.2, -0.15) is 0 Å². The number of nitrogens with zero attached hydrogens (tertiary/aromatic N) is 1. The molecule has 0 saturated carbocycles. The number of aryl methyl sites for hydroxylation is 1. The third-order valence-corrected chi connectivity index (χ3v) is 3.95. The van der Waals surface area contributed by atoms with Crippen molar-refractivity contribution >= 4 is 46.4 Å². The van der Waals surface area contributed by atoms with Crippen LogP contribution >= 0.6 is 46.4 Å². The average molecular weight is 295 g/mol. The normalized spacial score (nSPS) is 10.8. The van der Waals surface area contributed by atoms with E-state index in [1.165, 1.54) is 0 Å². The fourth-order valence-corrected chi connectivity index (χ4v) is 2.50. The molecule has 0 spiro atoms. The molecule has 0 aliphatic rings. The van der Waals surface area contributed by atoms with E-state index in [1.807, 2.05) is 31.2 Å². The molecule has 2 aromatic rings. The maximum atomic E-state index is 6.07. The molecular weight excluding hydrogens is 288 g/mol. The highest BCUT2D eigenvalue weighted by Crippen LogP contribution is 2.40. The Kier molecular flexibility index (Phi) is 3.41. The average Bonchev–Trinajstić information content (AvgIpc) is 2.44. The first kappa shape index (κ1) is 12.1. The Labute approximate surface area is 113 Å². The van der Waals surface area contributed by atoms with Crippen molar-refractivity contribution in [2.75, 3.05) is 0 Å². The molecule has 0 atom stereocenters. The van der Waals surface area contributed by atoms with Crippen molar-refractivity contribution < 1.29 is 0 Å². The van der Waals surface area contributed by atoms with Gasteiger partial charge in [0.2, 0.25) is 0 Å². The van der Waals surface area contributed by atoms with E-state index in [9.17, 15) is 0 Å². The molecule has 0 unspecified atom stereocenters. The zero-order chi connectivity index (χ0) is 11.9. The van der Waals surface area contributed by atoms with Crippen LogP contribution in [0.2, 0.25) is 20.4 Å². The molecule has 0 fully saturated rings. The van der Waals surface area contributed by atoms with Crippen molar-refractivity contribution in [2.45, 2.75) is 6.92 Å². The van der Waals surface area contributed by atoms with Crippen molar-refractivity contribution in [3.05, 3.63) is 50.2 Å². The number of benzene rings is 1. The van der Waals surface area contributed by atoms with Gasteiger partial charge in [0.1, 0.15) is 10.3 Å². The van der Waals surface area contributed by atoms with Crippen molar-refractivity contribution in [1.82, 2.24) is 4.57 Å². The third-order valence-electron chi connectivity index (χ3n) is 2.21. The Morgan fingerprint density at radius 1 is 0.938 bits per heavy atom. The van der Waals surface area contributed by atoms with E-state index >= 15 is 0 Å². The van der Waals surface area contributed by atoms with Gasteiger partial charge in [-0.15, -0.1) is 0 Å². The Hall–Kier alpha value is -0.340. The van der Waals surface area contributed by atoms with Gasteiger partial charge in [-0.1, -0.05) is 58.5 Å². The molecule has 0 amide bonds. The quantitative estimate of drug-likeness (QED) is 0.664. The van der Waals surface area contributed by atoms with Crippen LogP contribution < -0.4 is 0 Å². The van der Waals surface area contributed by atoms with E-state index in [0.29, 0.717) is 10.3 Å². The van der Waals surface area contributed by atoms with Gasteiger partial charge in [0.05, 0.1) is 10.0 Å². The summed E-state index contributed by atoms with van der Waals surface area (Å²) in [6, 6.07) is 7.74. The van der Waals surface area contributed by atoms with E-state index in [-0.39, 0.29) is 10.0 Å². The molecule has 1 aromatic carbocycles. The minimum atomic E-state index is 0.273. The second-order valence-corrected chi connectivity index (χ2v) is 4.86. The summed E-state index contributed by atoms with van der Waals surface area (Å²) >= 11 is 24.0. The number of hydrogen-bond acceptors (Lipinski definition) is 0. The van der Waals surface area contributed by atoms with Crippen LogP contribution in [0.3, 0.4) is 0 Å². The monoisotopic (exact) mass is 293 g/mol. The molecule has 5 heteroatoms. The first-order valence-corrected chi connectivity index (χ1v) is 6.01. The van der Waals surface area contributed by atoms with Crippen LogP contribution in [-0.2, 0) is 0 Å². The van der Waals surface area contributed by atoms with Gasteiger partial charge in [0.15, 0.2) is 0 Å². The molecule has 0 saturated heterocycles. The maximum Gasteiger partial charge on any atom is 0.135 e. The van der Waals surface area contributed by atoms with E-state index in [0.717, 1.165) is 11.3 Å². The van der Waals surface area contributed by atoms with Crippen LogP contribution in [-0.4, -0.2) is 4.57 Å². The third kappa shape index (κ3) is 1.93. The highest BCUT2D eigenvalue weighted by atomic mass is 35.5. The summed E-state index contributed by atoms with van der Waals surface area (Å²) in [5.41, 5.74) is 1.94. The summed E-state index contributed by atoms with van der Waals surface area (Å²) in [6.07, 6.45) is 0. The molecular formula is C11H7Cl4N. The van der Waals surface area contributed by atoms with Crippen molar-refractivity contribution in [1.29, 1.82) is 0 Å². The summed E-state index contributed by atoms with van der Waals surface area (Å²) in [5.74, 6) is 0. The fourth-order valence-electron chi connectivity index (χ4n) is 1.46. The number of halogens is 4. The minimum absolute atomic E-state index is 0.273. The van der Waals surface area contributed by atoms with Gasteiger partial charge in [-0.3, -0.25) is 4.57 Å². The van der Waals surface area contributed by atoms with Gasteiger partial charge in [0, 0.05) is 5.69 Å². The largest absolute Gasteiger partial charge is 0.288 e. The molecule has 0 radical (unpaired) electrons. The lowest BCUT2D eigenvalue weighted by atomic mass is 10.2. The van der Waals surface area contributed by atoms with Crippen LogP contribution in [0.5, 0.6) is 0 Å². The Bertz CT molecular complexity index is 520. The molecule has 16 heavy (non-hydrogen) atoms. The predicted molar refractivity (Wildman–Crippen MR) is 70.5 cm³/mol. The standard InChI is InChI=1S/C11H7Cl4N/c1-6-3-2-4-7(5-6)16-10(14)8(12)9(13)11(16)15/h2-5H,1H3. The van der Waals surface area contributed by atoms with Gasteiger partial charge < -0.3 is 0 Å². The van der Waals surface area contributed by atoms with Crippen LogP contribution in [0.25, 0.3) is 5.69 Å². The minimum Gasteiger partial charge on any atom is -0.288 e. The molecule has 0 bridgehead atoms. The molecule has 0 N–H and O–H groups in total. The first-order chi connectivity index (χ1) is 7.52. The molecule has 0 aliphatic heterocycles. The highest BCUT2D eigenvalue weighted by molar-refractivity contribution is 6.52. The van der Waals surface area contributed by atoms with Crippen molar-refractivity contribution in [3.63, 3.8) is 0 Å². The zero-order valence-electron chi connectivity index (χ0n) is 8.27. The summed E-state index contributed by atoms with van der Waals surface area (Å²) in [7, 11) is 0. The first-order valence-electron chi connectivity index (χ1n) is 4.50. The van der Waals surface area contributed by atoms with Crippen LogP contribution in [0.15, 0.2) is 24.3 Å². The summed E-state index contributed by atoms with van der Waals surface area (Å²) < 4.78 is 1.61. The van der Waals surface area contributed by atoms with Crippen molar-refractivity contribution in [3.8, 4) is 5.69 Å². The number of rotatable bonds is 1. The van der Waals surface area contributed by atoms with Crippen LogP contribution in [0, 0.1) is 6.92 Å². The molecule has 2 rings (SSSR count). The Balaban J connectivity index is 2.69. The lowest BCUT2D eigenvalue weighted by molar-refractivity contribution is 1.08. The van der Waals surface area contributed by atoms with Gasteiger partial charge >= 0.3 is 0 Å². The molecule has 1 aromatic heterocycles. The Morgan fingerprint density at radius 3 is 2.00 bits per heavy atom. The molecule has 1 heterocycles. The SMILES string of the molecule is Cc1cccc(-n2c(Cl)c(Cl)c(Cl)c2Cl)c1. The number of hydrogen-bond donors (Lipinski definition) is 0. The topological polar surface area (TPSA) is 4.93 Å². The van der Waals surface area contributed by atoms with Gasteiger partial charge in [-0.25, -0.2) is 0 Å². The smallest absolute Gasteiger partial charge is 0.135 e. The lowest BCUT2D eigenvalue weighted by Crippen LogP contribution is -1.94.